The van der Waals surface area contributed by atoms with Crippen LogP contribution in [0.2, 0.25) is 0 Å². The van der Waals surface area contributed by atoms with Crippen molar-refractivity contribution in [3.8, 4) is 5.75 Å². The molecular weight excluding hydrogens is 338 g/mol. The van der Waals surface area contributed by atoms with E-state index in [4.69, 9.17) is 4.74 Å². The Hall–Kier alpha value is -1.86. The van der Waals surface area contributed by atoms with Gasteiger partial charge in [0.15, 0.2) is 5.03 Å². The summed E-state index contributed by atoms with van der Waals surface area (Å²) in [6.45, 7) is 7.13. The van der Waals surface area contributed by atoms with Gasteiger partial charge in [0.25, 0.3) is 10.0 Å². The normalized spacial score (nSPS) is 11.9. The highest BCUT2D eigenvalue weighted by Crippen LogP contribution is 2.14. The molecule has 0 atom stereocenters. The smallest absolute Gasteiger partial charge is 0.259 e. The Morgan fingerprint density at radius 2 is 1.92 bits per heavy atom. The lowest BCUT2D eigenvalue weighted by molar-refractivity contribution is 0.289. The van der Waals surface area contributed by atoms with Crippen LogP contribution in [-0.4, -0.2) is 31.1 Å². The summed E-state index contributed by atoms with van der Waals surface area (Å²) in [6.07, 6.45) is 3.15. The first kappa shape index (κ1) is 19.5. The van der Waals surface area contributed by atoms with Crippen LogP contribution in [0.3, 0.4) is 0 Å². The number of rotatable bonds is 9. The molecule has 0 spiro atoms. The Morgan fingerprint density at radius 1 is 1.24 bits per heavy atom. The molecule has 0 fully saturated rings. The largest absolute Gasteiger partial charge is 0.494 e. The first-order valence-electron chi connectivity index (χ1n) is 8.49. The number of benzene rings is 1. The van der Waals surface area contributed by atoms with Crippen molar-refractivity contribution in [2.75, 3.05) is 13.2 Å². The Morgan fingerprint density at radius 3 is 2.48 bits per heavy atom. The number of hydrogen-bond donors (Lipinski definition) is 1. The zero-order chi connectivity index (χ0) is 18.4. The van der Waals surface area contributed by atoms with Crippen LogP contribution in [0.1, 0.15) is 31.7 Å². The minimum Gasteiger partial charge on any atom is -0.494 e. The molecular formula is C18H27N3O3S. The molecule has 1 aromatic heterocycles. The molecule has 2 rings (SSSR count). The van der Waals surface area contributed by atoms with E-state index in [-0.39, 0.29) is 5.03 Å². The Bertz CT molecular complexity index is 761. The molecule has 7 heteroatoms. The quantitative estimate of drug-likeness (QED) is 0.741. The van der Waals surface area contributed by atoms with E-state index in [9.17, 15) is 8.42 Å². The molecule has 1 heterocycles. The van der Waals surface area contributed by atoms with Gasteiger partial charge in [-0.05, 0) is 43.4 Å². The van der Waals surface area contributed by atoms with E-state index < -0.39 is 10.0 Å². The summed E-state index contributed by atoms with van der Waals surface area (Å²) in [7, 11) is -1.80. The summed E-state index contributed by atoms with van der Waals surface area (Å²) < 4.78 is 34.4. The van der Waals surface area contributed by atoms with E-state index in [0.717, 1.165) is 17.7 Å². The van der Waals surface area contributed by atoms with E-state index in [1.54, 1.807) is 18.5 Å². The highest BCUT2D eigenvalue weighted by atomic mass is 32.2. The third-order valence-electron chi connectivity index (χ3n) is 3.95. The van der Waals surface area contributed by atoms with Crippen LogP contribution >= 0.6 is 0 Å². The maximum atomic E-state index is 12.2. The molecule has 1 N–H and O–H groups in total. The van der Waals surface area contributed by atoms with E-state index >= 15 is 0 Å². The van der Waals surface area contributed by atoms with Crippen molar-refractivity contribution in [1.82, 2.24) is 14.3 Å². The van der Waals surface area contributed by atoms with Crippen LogP contribution in [0.5, 0.6) is 5.75 Å². The summed E-state index contributed by atoms with van der Waals surface area (Å²) in [6, 6.07) is 7.77. The van der Waals surface area contributed by atoms with Crippen LogP contribution < -0.4 is 9.46 Å². The SMILES string of the molecule is Cc1nc(S(=O)(=O)NCCc2ccc(OCCC(C)C)cc2)cn1C. The van der Waals surface area contributed by atoms with Crippen molar-refractivity contribution < 1.29 is 13.2 Å². The number of imidazole rings is 1. The van der Waals surface area contributed by atoms with E-state index in [2.05, 4.69) is 23.6 Å². The average molecular weight is 365 g/mol. The summed E-state index contributed by atoms with van der Waals surface area (Å²) in [4.78, 5) is 4.06. The maximum absolute atomic E-state index is 12.2. The molecule has 0 amide bonds. The number of ether oxygens (including phenoxy) is 1. The molecule has 25 heavy (non-hydrogen) atoms. The molecule has 0 saturated heterocycles. The third-order valence-corrected chi connectivity index (χ3v) is 5.29. The molecule has 0 aliphatic carbocycles. The van der Waals surface area contributed by atoms with Crippen LogP contribution in [0.25, 0.3) is 0 Å². The van der Waals surface area contributed by atoms with Crippen molar-refractivity contribution in [3.05, 3.63) is 41.9 Å². The lowest BCUT2D eigenvalue weighted by Gasteiger charge is -2.09. The second-order valence-corrected chi connectivity index (χ2v) is 8.27. The molecule has 0 saturated carbocycles. The second-order valence-electron chi connectivity index (χ2n) is 6.56. The molecule has 138 valence electrons. The number of hydrogen-bond acceptors (Lipinski definition) is 4. The van der Waals surface area contributed by atoms with Crippen molar-refractivity contribution in [3.63, 3.8) is 0 Å². The minimum absolute atomic E-state index is 0.0569. The molecule has 0 radical (unpaired) electrons. The van der Waals surface area contributed by atoms with E-state index in [0.29, 0.717) is 31.3 Å². The van der Waals surface area contributed by atoms with Gasteiger partial charge in [-0.2, -0.15) is 0 Å². The predicted molar refractivity (Wildman–Crippen MR) is 98.2 cm³/mol. The number of aromatic nitrogens is 2. The molecule has 6 nitrogen and oxygen atoms in total. The topological polar surface area (TPSA) is 73.2 Å². The molecule has 0 aliphatic heterocycles. The fourth-order valence-electron chi connectivity index (χ4n) is 2.22. The zero-order valence-corrected chi connectivity index (χ0v) is 16.1. The molecule has 2 aromatic rings. The molecule has 0 bridgehead atoms. The fraction of sp³-hybridized carbons (Fsp3) is 0.500. The standard InChI is InChI=1S/C18H27N3O3S/c1-14(2)10-12-24-17-7-5-16(6-8-17)9-11-19-25(22,23)18-13-21(4)15(3)20-18/h5-8,13-14,19H,9-12H2,1-4H3. The summed E-state index contributed by atoms with van der Waals surface area (Å²) in [5.74, 6) is 2.12. The van der Waals surface area contributed by atoms with Gasteiger partial charge in [0.05, 0.1) is 6.61 Å². The Labute approximate surface area is 150 Å². The lowest BCUT2D eigenvalue weighted by Crippen LogP contribution is -2.26. The molecule has 0 aliphatic rings. The van der Waals surface area contributed by atoms with Gasteiger partial charge in [0, 0.05) is 19.8 Å². The van der Waals surface area contributed by atoms with Gasteiger partial charge in [-0.3, -0.25) is 0 Å². The van der Waals surface area contributed by atoms with Crippen LogP contribution in [0.4, 0.5) is 0 Å². The number of aryl methyl sites for hydroxylation is 2. The molecule has 1 aromatic carbocycles. The Kier molecular flexibility index (Phi) is 6.61. The number of sulfonamides is 1. The van der Waals surface area contributed by atoms with Gasteiger partial charge in [-0.15, -0.1) is 0 Å². The number of nitrogens with one attached hydrogen (secondary N) is 1. The highest BCUT2D eigenvalue weighted by Gasteiger charge is 2.17. The van der Waals surface area contributed by atoms with Gasteiger partial charge in [-0.25, -0.2) is 18.1 Å². The van der Waals surface area contributed by atoms with E-state index in [1.165, 1.54) is 6.20 Å². The highest BCUT2D eigenvalue weighted by molar-refractivity contribution is 7.89. The first-order valence-corrected chi connectivity index (χ1v) is 9.97. The summed E-state index contributed by atoms with van der Waals surface area (Å²) in [5, 5.41) is 0.0569. The number of nitrogens with zero attached hydrogens (tertiary/aromatic N) is 2. The van der Waals surface area contributed by atoms with Crippen LogP contribution in [0.15, 0.2) is 35.5 Å². The fourth-order valence-corrected chi connectivity index (χ4v) is 3.29. The van der Waals surface area contributed by atoms with Crippen molar-refractivity contribution in [2.45, 2.75) is 38.6 Å². The molecule has 0 unspecified atom stereocenters. The van der Waals surface area contributed by atoms with Gasteiger partial charge in [-0.1, -0.05) is 26.0 Å². The van der Waals surface area contributed by atoms with Crippen LogP contribution in [-0.2, 0) is 23.5 Å². The van der Waals surface area contributed by atoms with Crippen LogP contribution in [0, 0.1) is 12.8 Å². The zero-order valence-electron chi connectivity index (χ0n) is 15.3. The van der Waals surface area contributed by atoms with Gasteiger partial charge in [0.1, 0.15) is 11.6 Å². The minimum atomic E-state index is -3.57. The monoisotopic (exact) mass is 365 g/mol. The predicted octanol–water partition coefficient (Wildman–Crippen LogP) is 2.67. The van der Waals surface area contributed by atoms with Gasteiger partial charge in [0.2, 0.25) is 0 Å². The summed E-state index contributed by atoms with van der Waals surface area (Å²) >= 11 is 0. The average Bonchev–Trinajstić information content (AvgIpc) is 2.89. The summed E-state index contributed by atoms with van der Waals surface area (Å²) in [5.41, 5.74) is 1.05. The van der Waals surface area contributed by atoms with Crippen molar-refractivity contribution in [1.29, 1.82) is 0 Å². The maximum Gasteiger partial charge on any atom is 0.259 e. The van der Waals surface area contributed by atoms with Crippen molar-refractivity contribution >= 4 is 10.0 Å². The third kappa shape index (κ3) is 5.86. The van der Waals surface area contributed by atoms with Gasteiger partial charge < -0.3 is 9.30 Å². The second kappa shape index (κ2) is 8.49. The first-order chi connectivity index (χ1) is 11.8. The Balaban J connectivity index is 1.83. The lowest BCUT2D eigenvalue weighted by atomic mass is 10.1. The van der Waals surface area contributed by atoms with Crippen molar-refractivity contribution in [2.24, 2.45) is 13.0 Å². The van der Waals surface area contributed by atoms with Gasteiger partial charge >= 0.3 is 0 Å². The van der Waals surface area contributed by atoms with E-state index in [1.807, 2.05) is 24.3 Å².